The first-order valence-corrected chi connectivity index (χ1v) is 9.38. The number of nitrogens with zero attached hydrogens (tertiary/aromatic N) is 1. The number of rotatable bonds is 9. The third-order valence-electron chi connectivity index (χ3n) is 4.97. The molecule has 1 aliphatic rings. The van der Waals surface area contributed by atoms with Crippen molar-refractivity contribution in [3.8, 4) is 0 Å². The number of carbonyl (C=O) groups is 1. The van der Waals surface area contributed by atoms with E-state index in [4.69, 9.17) is 4.74 Å². The van der Waals surface area contributed by atoms with Crippen LogP contribution in [0.5, 0.6) is 0 Å². The van der Waals surface area contributed by atoms with Crippen molar-refractivity contribution in [3.63, 3.8) is 0 Å². The summed E-state index contributed by atoms with van der Waals surface area (Å²) < 4.78 is 5.60. The number of nitrogens with one attached hydrogen (secondary N) is 2. The van der Waals surface area contributed by atoms with Gasteiger partial charge in [0.2, 0.25) is 5.91 Å². The lowest BCUT2D eigenvalue weighted by Gasteiger charge is -2.27. The summed E-state index contributed by atoms with van der Waals surface area (Å²) in [6, 6.07) is 6.38. The lowest BCUT2D eigenvalue weighted by molar-refractivity contribution is -0.129. The molecule has 0 radical (unpaired) electrons. The zero-order valence-electron chi connectivity index (χ0n) is 16.1. The van der Waals surface area contributed by atoms with Crippen LogP contribution in [-0.2, 0) is 16.0 Å². The first kappa shape index (κ1) is 20.3. The van der Waals surface area contributed by atoms with Gasteiger partial charge >= 0.3 is 0 Å². The van der Waals surface area contributed by atoms with E-state index in [-0.39, 0.29) is 24.0 Å². The quantitative estimate of drug-likeness (QED) is 0.668. The number of benzene rings is 1. The Morgan fingerprint density at radius 1 is 1.54 bits per heavy atom. The number of carbonyl (C=O) groups excluding carboxylic acids is 1. The molecule has 2 rings (SSSR count). The molecule has 5 nitrogen and oxygen atoms in total. The topological polar surface area (TPSA) is 62.7 Å². The first-order chi connectivity index (χ1) is 12.6. The smallest absolute Gasteiger partial charge is 0.225 e. The first-order valence-electron chi connectivity index (χ1n) is 9.38. The van der Waals surface area contributed by atoms with Crippen LogP contribution in [0.2, 0.25) is 0 Å². The molecule has 0 bridgehead atoms. The Hall–Kier alpha value is -1.98. The van der Waals surface area contributed by atoms with Crippen molar-refractivity contribution in [1.82, 2.24) is 10.6 Å². The number of hydrogen-bond donors (Lipinski definition) is 2. The molecule has 1 amide bonds. The number of methoxy groups -OCH3 is 1. The summed E-state index contributed by atoms with van der Waals surface area (Å²) >= 11 is 0. The van der Waals surface area contributed by atoms with Gasteiger partial charge < -0.3 is 15.4 Å². The van der Waals surface area contributed by atoms with Gasteiger partial charge in [0, 0.05) is 25.9 Å². The molecule has 0 spiro atoms. The van der Waals surface area contributed by atoms with E-state index in [9.17, 15) is 4.79 Å². The fraction of sp³-hybridized carbons (Fsp3) is 0.524. The van der Waals surface area contributed by atoms with Crippen LogP contribution < -0.4 is 10.6 Å². The molecule has 0 saturated carbocycles. The lowest BCUT2D eigenvalue weighted by Crippen LogP contribution is -2.46. The van der Waals surface area contributed by atoms with Crippen molar-refractivity contribution in [2.45, 2.75) is 45.3 Å². The summed E-state index contributed by atoms with van der Waals surface area (Å²) in [5, 5.41) is 6.47. The molecule has 0 aliphatic carbocycles. The molecule has 1 heterocycles. The number of aliphatic imine (C=N–C) groups is 1. The van der Waals surface area contributed by atoms with Crippen LogP contribution >= 0.6 is 0 Å². The molecule has 0 aromatic heterocycles. The van der Waals surface area contributed by atoms with Crippen LogP contribution in [0.1, 0.15) is 37.8 Å². The van der Waals surface area contributed by atoms with Gasteiger partial charge in [0.1, 0.15) is 0 Å². The van der Waals surface area contributed by atoms with Gasteiger partial charge in [-0.15, -0.1) is 0 Å². The van der Waals surface area contributed by atoms with Crippen molar-refractivity contribution in [2.24, 2.45) is 10.9 Å². The Morgan fingerprint density at radius 3 is 2.96 bits per heavy atom. The van der Waals surface area contributed by atoms with Gasteiger partial charge in [-0.25, -0.2) is 0 Å². The fourth-order valence-electron chi connectivity index (χ4n) is 3.53. The van der Waals surface area contributed by atoms with Crippen LogP contribution in [0, 0.1) is 5.92 Å². The van der Waals surface area contributed by atoms with E-state index in [0.29, 0.717) is 6.54 Å². The minimum atomic E-state index is -0.180. The minimum absolute atomic E-state index is 0.0432. The Morgan fingerprint density at radius 2 is 2.35 bits per heavy atom. The molecule has 2 N–H and O–H groups in total. The molecule has 1 fully saturated rings. The van der Waals surface area contributed by atoms with Gasteiger partial charge in [0.25, 0.3) is 0 Å². The molecule has 3 atom stereocenters. The average molecular weight is 357 g/mol. The third-order valence-corrected chi connectivity index (χ3v) is 4.97. The highest BCUT2D eigenvalue weighted by Gasteiger charge is 2.32. The molecule has 1 aromatic carbocycles. The molecular weight excluding hydrogens is 326 g/mol. The molecule has 1 aromatic rings. The van der Waals surface area contributed by atoms with Crippen LogP contribution in [0.25, 0.3) is 6.08 Å². The minimum Gasteiger partial charge on any atom is -0.379 e. The summed E-state index contributed by atoms with van der Waals surface area (Å²) in [7, 11) is 1.69. The largest absolute Gasteiger partial charge is 0.379 e. The van der Waals surface area contributed by atoms with E-state index in [0.717, 1.165) is 42.6 Å². The summed E-state index contributed by atoms with van der Waals surface area (Å²) in [5.41, 5.74) is 3.08. The number of amides is 1. The van der Waals surface area contributed by atoms with Crippen molar-refractivity contribution in [2.75, 3.05) is 20.2 Å². The van der Waals surface area contributed by atoms with Crippen molar-refractivity contribution in [1.29, 1.82) is 0 Å². The van der Waals surface area contributed by atoms with Gasteiger partial charge in [-0.05, 0) is 56.0 Å². The molecule has 1 aliphatic heterocycles. The molecule has 26 heavy (non-hydrogen) atoms. The van der Waals surface area contributed by atoms with Gasteiger partial charge in [-0.2, -0.15) is 0 Å². The molecule has 5 heteroatoms. The van der Waals surface area contributed by atoms with E-state index >= 15 is 0 Å². The van der Waals surface area contributed by atoms with E-state index in [1.54, 1.807) is 13.3 Å². The van der Waals surface area contributed by atoms with Gasteiger partial charge in [-0.1, -0.05) is 25.6 Å². The fourth-order valence-corrected chi connectivity index (χ4v) is 3.53. The van der Waals surface area contributed by atoms with Crippen molar-refractivity contribution < 1.29 is 9.53 Å². The predicted octanol–water partition coefficient (Wildman–Crippen LogP) is 3.11. The monoisotopic (exact) mass is 357 g/mol. The summed E-state index contributed by atoms with van der Waals surface area (Å²) in [5.74, 6) is -0.137. The van der Waals surface area contributed by atoms with E-state index in [2.05, 4.69) is 28.3 Å². The van der Waals surface area contributed by atoms with Gasteiger partial charge in [0.15, 0.2) is 0 Å². The SMILES string of the molecule is C=Cc1cc(CCNC(=O)C(C)C(OC)C2CCCN2)ccc1N=CC. The van der Waals surface area contributed by atoms with E-state index in [1.165, 1.54) is 0 Å². The summed E-state index contributed by atoms with van der Waals surface area (Å²) in [6.45, 7) is 9.29. The summed E-state index contributed by atoms with van der Waals surface area (Å²) in [6.07, 6.45) is 6.47. The van der Waals surface area contributed by atoms with Crippen LogP contribution in [0.4, 0.5) is 5.69 Å². The zero-order valence-corrected chi connectivity index (χ0v) is 16.1. The molecular formula is C21H31N3O2. The molecule has 142 valence electrons. The number of ether oxygens (including phenoxy) is 1. The highest BCUT2D eigenvalue weighted by Crippen LogP contribution is 2.22. The molecule has 3 unspecified atom stereocenters. The second kappa shape index (κ2) is 10.2. The van der Waals surface area contributed by atoms with Crippen LogP contribution in [0.3, 0.4) is 0 Å². The maximum absolute atomic E-state index is 12.5. The Kier molecular flexibility index (Phi) is 8.01. The highest BCUT2D eigenvalue weighted by molar-refractivity contribution is 5.79. The second-order valence-corrected chi connectivity index (χ2v) is 6.72. The normalized spacial score (nSPS) is 19.4. The second-order valence-electron chi connectivity index (χ2n) is 6.72. The Bertz CT molecular complexity index is 636. The van der Waals surface area contributed by atoms with E-state index < -0.39 is 0 Å². The van der Waals surface area contributed by atoms with Crippen molar-refractivity contribution in [3.05, 3.63) is 35.9 Å². The van der Waals surface area contributed by atoms with Crippen LogP contribution in [-0.4, -0.2) is 44.5 Å². The highest BCUT2D eigenvalue weighted by atomic mass is 16.5. The van der Waals surface area contributed by atoms with Gasteiger partial charge in [-0.3, -0.25) is 9.79 Å². The molecule has 1 saturated heterocycles. The third kappa shape index (κ3) is 5.26. The predicted molar refractivity (Wildman–Crippen MR) is 108 cm³/mol. The van der Waals surface area contributed by atoms with E-state index in [1.807, 2.05) is 32.1 Å². The zero-order chi connectivity index (χ0) is 18.9. The van der Waals surface area contributed by atoms with Crippen molar-refractivity contribution >= 4 is 23.9 Å². The maximum Gasteiger partial charge on any atom is 0.225 e. The number of hydrogen-bond acceptors (Lipinski definition) is 4. The maximum atomic E-state index is 12.5. The van der Waals surface area contributed by atoms with Gasteiger partial charge in [0.05, 0.1) is 17.7 Å². The summed E-state index contributed by atoms with van der Waals surface area (Å²) in [4.78, 5) is 16.8. The Labute approximate surface area is 156 Å². The standard InChI is InChI=1S/C21H31N3O2/c1-5-17-14-16(9-10-18(17)22-6-2)11-13-24-21(25)15(3)20(26-4)19-8-7-12-23-19/h5-6,9-10,14-15,19-20,23H,1,7-8,11-13H2,2-4H3,(H,24,25). The van der Waals surface area contributed by atoms with Crippen LogP contribution in [0.15, 0.2) is 29.8 Å². The Balaban J connectivity index is 1.88. The average Bonchev–Trinajstić information content (AvgIpc) is 3.17. The lowest BCUT2D eigenvalue weighted by atomic mass is 9.95.